The number of hydrogen-bond donors (Lipinski definition) is 0. The van der Waals surface area contributed by atoms with E-state index in [1.165, 1.54) is 5.56 Å². The summed E-state index contributed by atoms with van der Waals surface area (Å²) in [5.41, 5.74) is 6.32. The van der Waals surface area contributed by atoms with Gasteiger partial charge in [0, 0.05) is 42.0 Å². The third-order valence-electron chi connectivity index (χ3n) is 7.11. The summed E-state index contributed by atoms with van der Waals surface area (Å²) in [6, 6.07) is 25.6. The van der Waals surface area contributed by atoms with Gasteiger partial charge in [-0.1, -0.05) is 29.8 Å². The van der Waals surface area contributed by atoms with Crippen LogP contribution in [0.4, 0.5) is 0 Å². The van der Waals surface area contributed by atoms with Gasteiger partial charge >= 0.3 is 0 Å². The molecule has 3 aromatic carbocycles. The summed E-state index contributed by atoms with van der Waals surface area (Å²) >= 11 is 3.48. The first kappa shape index (κ1) is 25.8. The normalized spacial score (nSPS) is 13.5. The predicted molar refractivity (Wildman–Crippen MR) is 153 cm³/mol. The molecule has 1 aliphatic heterocycles. The number of benzene rings is 3. The topological polar surface area (TPSA) is 54.8 Å². The van der Waals surface area contributed by atoms with Crippen LogP contribution in [0, 0.1) is 13.8 Å². The molecule has 6 nitrogen and oxygen atoms in total. The molecule has 5 rings (SSSR count). The molecular formula is C31H30BrN3O3. The van der Waals surface area contributed by atoms with E-state index in [9.17, 15) is 9.59 Å². The number of carbonyl (C=O) groups is 2. The zero-order valence-electron chi connectivity index (χ0n) is 21.8. The van der Waals surface area contributed by atoms with Gasteiger partial charge in [0.15, 0.2) is 0 Å². The highest BCUT2D eigenvalue weighted by Gasteiger charge is 2.29. The highest BCUT2D eigenvalue weighted by molar-refractivity contribution is 9.10. The maximum atomic E-state index is 13.8. The van der Waals surface area contributed by atoms with Crippen LogP contribution in [0.5, 0.6) is 5.75 Å². The quantitative estimate of drug-likeness (QED) is 0.289. The molecule has 4 aromatic rings. The Kier molecular flexibility index (Phi) is 7.38. The predicted octanol–water partition coefficient (Wildman–Crippen LogP) is 6.13. The molecule has 38 heavy (non-hydrogen) atoms. The molecule has 1 aromatic heterocycles. The Morgan fingerprint density at radius 1 is 0.763 bits per heavy atom. The van der Waals surface area contributed by atoms with Crippen LogP contribution in [0.1, 0.15) is 32.0 Å². The average Bonchev–Trinajstić information content (AvgIpc) is 3.30. The van der Waals surface area contributed by atoms with Crippen LogP contribution >= 0.6 is 15.9 Å². The molecule has 1 fully saturated rings. The van der Waals surface area contributed by atoms with Crippen LogP contribution in [-0.2, 0) is 0 Å². The fourth-order valence-electron chi connectivity index (χ4n) is 4.91. The largest absolute Gasteiger partial charge is 0.497 e. The van der Waals surface area contributed by atoms with Gasteiger partial charge in [0.2, 0.25) is 0 Å². The number of nitrogens with zero attached hydrogens (tertiary/aromatic N) is 3. The molecule has 194 valence electrons. The van der Waals surface area contributed by atoms with Gasteiger partial charge in [-0.15, -0.1) is 0 Å². The van der Waals surface area contributed by atoms with Crippen molar-refractivity contribution in [3.8, 4) is 22.7 Å². The van der Waals surface area contributed by atoms with Gasteiger partial charge < -0.3 is 19.1 Å². The van der Waals surface area contributed by atoms with Crippen molar-refractivity contribution in [3.05, 3.63) is 106 Å². The summed E-state index contributed by atoms with van der Waals surface area (Å²) in [4.78, 5) is 30.5. The lowest BCUT2D eigenvalue weighted by atomic mass is 10.1. The van der Waals surface area contributed by atoms with Gasteiger partial charge in [0.05, 0.1) is 23.9 Å². The number of rotatable bonds is 5. The van der Waals surface area contributed by atoms with E-state index in [0.717, 1.165) is 32.9 Å². The third kappa shape index (κ3) is 4.98. The third-order valence-corrected chi connectivity index (χ3v) is 7.81. The van der Waals surface area contributed by atoms with E-state index in [1.54, 1.807) is 7.11 Å². The van der Waals surface area contributed by atoms with Gasteiger partial charge in [0.25, 0.3) is 11.8 Å². The first-order valence-corrected chi connectivity index (χ1v) is 13.4. The second kappa shape index (κ2) is 10.9. The summed E-state index contributed by atoms with van der Waals surface area (Å²) in [6.07, 6.45) is 0. The van der Waals surface area contributed by atoms with Crippen LogP contribution < -0.4 is 4.74 Å². The minimum atomic E-state index is -0.0203. The number of carbonyl (C=O) groups excluding carboxylic acids is 2. The van der Waals surface area contributed by atoms with Gasteiger partial charge in [-0.2, -0.15) is 0 Å². The lowest BCUT2D eigenvalue weighted by molar-refractivity contribution is 0.0534. The standard InChI is InChI=1S/C31H30BrN3O3/c1-21-8-12-24(13-9-21)35-22(2)27(20-29(35)23-10-14-25(38-3)15-11-23)31(37)34-18-16-33(17-19-34)30(36)26-6-4-5-7-28(26)32/h4-15,20H,16-19H2,1-3H3. The summed E-state index contributed by atoms with van der Waals surface area (Å²) in [6.45, 7) is 6.02. The van der Waals surface area contributed by atoms with Gasteiger partial charge in [-0.05, 0) is 89.9 Å². The molecule has 2 amide bonds. The Morgan fingerprint density at radius 3 is 1.92 bits per heavy atom. The number of aryl methyl sites for hydroxylation is 1. The van der Waals surface area contributed by atoms with E-state index in [2.05, 4.69) is 51.7 Å². The molecule has 1 aliphatic rings. The molecule has 0 aliphatic carbocycles. The SMILES string of the molecule is COc1ccc(-c2cc(C(=O)N3CCN(C(=O)c4ccccc4Br)CC3)c(C)n2-c2ccc(C)cc2)cc1. The van der Waals surface area contributed by atoms with Crippen molar-refractivity contribution in [2.75, 3.05) is 33.3 Å². The molecule has 0 radical (unpaired) electrons. The molecule has 2 heterocycles. The molecule has 0 N–H and O–H groups in total. The van der Waals surface area contributed by atoms with Crippen molar-refractivity contribution in [2.45, 2.75) is 13.8 Å². The van der Waals surface area contributed by atoms with Crippen molar-refractivity contribution in [2.24, 2.45) is 0 Å². The Hall–Kier alpha value is -3.84. The molecular weight excluding hydrogens is 542 g/mol. The zero-order chi connectivity index (χ0) is 26.8. The van der Waals surface area contributed by atoms with E-state index in [-0.39, 0.29) is 11.8 Å². The average molecular weight is 573 g/mol. The summed E-state index contributed by atoms with van der Waals surface area (Å²) in [5, 5.41) is 0. The minimum Gasteiger partial charge on any atom is -0.497 e. The Morgan fingerprint density at radius 2 is 1.34 bits per heavy atom. The van der Waals surface area contributed by atoms with Crippen LogP contribution in [0.15, 0.2) is 83.3 Å². The molecule has 0 bridgehead atoms. The number of aromatic nitrogens is 1. The van der Waals surface area contributed by atoms with E-state index < -0.39 is 0 Å². The van der Waals surface area contributed by atoms with Crippen LogP contribution in [0.3, 0.4) is 0 Å². The molecule has 0 saturated carbocycles. The molecule has 0 spiro atoms. The van der Waals surface area contributed by atoms with Crippen molar-refractivity contribution in [1.82, 2.24) is 14.4 Å². The molecule has 0 atom stereocenters. The Bertz CT molecular complexity index is 1470. The summed E-state index contributed by atoms with van der Waals surface area (Å²) in [7, 11) is 1.65. The zero-order valence-corrected chi connectivity index (χ0v) is 23.4. The Labute approximate surface area is 231 Å². The monoisotopic (exact) mass is 571 g/mol. The second-order valence-corrected chi connectivity index (χ2v) is 10.3. The maximum absolute atomic E-state index is 13.8. The van der Waals surface area contributed by atoms with E-state index >= 15 is 0 Å². The van der Waals surface area contributed by atoms with E-state index in [1.807, 2.05) is 71.3 Å². The second-order valence-electron chi connectivity index (χ2n) is 9.49. The summed E-state index contributed by atoms with van der Waals surface area (Å²) < 4.78 is 8.26. The Balaban J connectivity index is 1.42. The molecule has 1 saturated heterocycles. The number of methoxy groups -OCH3 is 1. The highest BCUT2D eigenvalue weighted by Crippen LogP contribution is 2.32. The smallest absolute Gasteiger partial charge is 0.255 e. The van der Waals surface area contributed by atoms with Gasteiger partial charge in [-0.3, -0.25) is 9.59 Å². The first-order chi connectivity index (χ1) is 18.4. The van der Waals surface area contributed by atoms with Crippen molar-refractivity contribution >= 4 is 27.7 Å². The van der Waals surface area contributed by atoms with Crippen LogP contribution in [0.2, 0.25) is 0 Å². The first-order valence-electron chi connectivity index (χ1n) is 12.6. The van der Waals surface area contributed by atoms with Crippen LogP contribution in [-0.4, -0.2) is 59.5 Å². The van der Waals surface area contributed by atoms with Crippen molar-refractivity contribution in [1.29, 1.82) is 0 Å². The molecule has 7 heteroatoms. The van der Waals surface area contributed by atoms with Gasteiger partial charge in [0.1, 0.15) is 5.75 Å². The van der Waals surface area contributed by atoms with Gasteiger partial charge in [-0.25, -0.2) is 0 Å². The fraction of sp³-hybridized carbons (Fsp3) is 0.226. The van der Waals surface area contributed by atoms with Crippen molar-refractivity contribution in [3.63, 3.8) is 0 Å². The maximum Gasteiger partial charge on any atom is 0.255 e. The minimum absolute atomic E-state index is 0.0175. The lowest BCUT2D eigenvalue weighted by Gasteiger charge is -2.35. The summed E-state index contributed by atoms with van der Waals surface area (Å²) in [5.74, 6) is 0.745. The van der Waals surface area contributed by atoms with Crippen LogP contribution in [0.25, 0.3) is 16.9 Å². The van der Waals surface area contributed by atoms with E-state index in [0.29, 0.717) is 37.3 Å². The van der Waals surface area contributed by atoms with Crippen molar-refractivity contribution < 1.29 is 14.3 Å². The number of ether oxygens (including phenoxy) is 1. The van der Waals surface area contributed by atoms with E-state index in [4.69, 9.17) is 4.74 Å². The number of halogens is 1. The lowest BCUT2D eigenvalue weighted by Crippen LogP contribution is -2.50. The number of piperazine rings is 1. The number of amides is 2. The molecule has 0 unspecified atom stereocenters. The highest BCUT2D eigenvalue weighted by atomic mass is 79.9. The fourth-order valence-corrected chi connectivity index (χ4v) is 5.37. The number of hydrogen-bond acceptors (Lipinski definition) is 3.